The molecule has 0 radical (unpaired) electrons. The summed E-state index contributed by atoms with van der Waals surface area (Å²) in [6, 6.07) is 14.8. The summed E-state index contributed by atoms with van der Waals surface area (Å²) in [5, 5.41) is 11.4. The number of aromatic nitrogens is 1. The van der Waals surface area contributed by atoms with Crippen LogP contribution in [0.4, 0.5) is 13.9 Å². The molecule has 1 unspecified atom stereocenters. The van der Waals surface area contributed by atoms with Gasteiger partial charge in [0, 0.05) is 5.56 Å². The number of aliphatic hydroxyl groups is 1. The van der Waals surface area contributed by atoms with Crippen LogP contribution in [0.1, 0.15) is 24.1 Å². The summed E-state index contributed by atoms with van der Waals surface area (Å²) in [6.45, 7) is 2.22. The molecule has 0 spiro atoms. The van der Waals surface area contributed by atoms with E-state index in [0.717, 1.165) is 16.2 Å². The van der Waals surface area contributed by atoms with Crippen molar-refractivity contribution in [2.75, 3.05) is 11.5 Å². The molecule has 3 aromatic carbocycles. The lowest BCUT2D eigenvalue weighted by atomic mass is 9.95. The Morgan fingerprint density at radius 2 is 1.80 bits per heavy atom. The molecule has 1 saturated heterocycles. The molecule has 5 rings (SSSR count). The van der Waals surface area contributed by atoms with Crippen molar-refractivity contribution in [2.45, 2.75) is 13.0 Å². The zero-order valence-electron chi connectivity index (χ0n) is 18.4. The van der Waals surface area contributed by atoms with E-state index in [1.54, 1.807) is 24.3 Å². The molecule has 0 bridgehead atoms. The number of ether oxygens (including phenoxy) is 1. The van der Waals surface area contributed by atoms with E-state index in [2.05, 4.69) is 4.98 Å². The maximum atomic E-state index is 13.7. The van der Waals surface area contributed by atoms with Gasteiger partial charge in [0.15, 0.2) is 5.13 Å². The third-order valence-electron chi connectivity index (χ3n) is 5.59. The number of thiazole rings is 1. The molecule has 176 valence electrons. The van der Waals surface area contributed by atoms with Gasteiger partial charge < -0.3 is 9.84 Å². The number of amides is 1. The van der Waals surface area contributed by atoms with Crippen LogP contribution in [-0.4, -0.2) is 28.4 Å². The third kappa shape index (κ3) is 4.04. The quantitative estimate of drug-likeness (QED) is 0.223. The molecule has 1 aliphatic rings. The van der Waals surface area contributed by atoms with E-state index in [1.807, 2.05) is 6.92 Å². The van der Waals surface area contributed by atoms with E-state index < -0.39 is 35.1 Å². The molecule has 1 aliphatic heterocycles. The number of halogens is 2. The number of carbonyl (C=O) groups excluding carboxylic acids is 2. The van der Waals surface area contributed by atoms with Crippen molar-refractivity contribution in [1.29, 1.82) is 0 Å². The van der Waals surface area contributed by atoms with Crippen molar-refractivity contribution in [3.8, 4) is 5.75 Å². The Labute approximate surface area is 202 Å². The minimum absolute atomic E-state index is 0.157. The van der Waals surface area contributed by atoms with Gasteiger partial charge in [0.1, 0.15) is 23.1 Å². The van der Waals surface area contributed by atoms with Gasteiger partial charge in [-0.3, -0.25) is 14.5 Å². The van der Waals surface area contributed by atoms with Crippen LogP contribution < -0.4 is 9.64 Å². The number of benzene rings is 3. The van der Waals surface area contributed by atoms with Gasteiger partial charge in [0.25, 0.3) is 5.78 Å². The normalized spacial score (nSPS) is 17.3. The Balaban J connectivity index is 1.71. The minimum atomic E-state index is -1.07. The second-order valence-corrected chi connectivity index (χ2v) is 8.80. The summed E-state index contributed by atoms with van der Waals surface area (Å²) in [5.74, 6) is -2.68. The zero-order valence-corrected chi connectivity index (χ0v) is 19.2. The molecule has 1 atom stereocenters. The first kappa shape index (κ1) is 22.7. The van der Waals surface area contributed by atoms with Gasteiger partial charge in [-0.15, -0.1) is 0 Å². The van der Waals surface area contributed by atoms with Crippen LogP contribution in [0.2, 0.25) is 0 Å². The zero-order chi connectivity index (χ0) is 24.7. The SMILES string of the molecule is CCOc1cccc(C(O)=C2C(=O)C(=O)N(c3nc4ccc(F)cc4s3)C2c2ccc(F)cc2)c1. The molecule has 6 nitrogen and oxygen atoms in total. The molecule has 1 amide bonds. The fourth-order valence-electron chi connectivity index (χ4n) is 4.03. The number of hydrogen-bond acceptors (Lipinski definition) is 6. The molecule has 35 heavy (non-hydrogen) atoms. The maximum Gasteiger partial charge on any atom is 0.301 e. The lowest BCUT2D eigenvalue weighted by Gasteiger charge is -2.23. The van der Waals surface area contributed by atoms with Gasteiger partial charge in [0.05, 0.1) is 28.4 Å². The highest BCUT2D eigenvalue weighted by atomic mass is 32.1. The van der Waals surface area contributed by atoms with E-state index in [1.165, 1.54) is 42.5 Å². The average Bonchev–Trinajstić information content (AvgIpc) is 3.37. The van der Waals surface area contributed by atoms with Crippen LogP contribution in [0.15, 0.2) is 72.3 Å². The van der Waals surface area contributed by atoms with Crippen LogP contribution in [0.5, 0.6) is 5.75 Å². The highest BCUT2D eigenvalue weighted by Crippen LogP contribution is 2.44. The van der Waals surface area contributed by atoms with Crippen molar-refractivity contribution in [3.63, 3.8) is 0 Å². The number of ketones is 1. The third-order valence-corrected chi connectivity index (χ3v) is 6.61. The van der Waals surface area contributed by atoms with Gasteiger partial charge in [-0.2, -0.15) is 0 Å². The van der Waals surface area contributed by atoms with Crippen LogP contribution in [0.3, 0.4) is 0 Å². The van der Waals surface area contributed by atoms with Crippen molar-refractivity contribution in [1.82, 2.24) is 4.98 Å². The second kappa shape index (κ2) is 8.92. The maximum absolute atomic E-state index is 13.7. The molecule has 4 aromatic rings. The van der Waals surface area contributed by atoms with Crippen molar-refractivity contribution in [2.24, 2.45) is 0 Å². The highest BCUT2D eigenvalue weighted by molar-refractivity contribution is 7.22. The standard InChI is InChI=1S/C26H18F2N2O4S/c1-2-34-18-5-3-4-15(12-18)23(31)21-22(14-6-8-16(27)9-7-14)30(25(33)24(21)32)26-29-19-11-10-17(28)13-20(19)35-26/h3-13,22,31H,2H2,1H3. The van der Waals surface area contributed by atoms with Gasteiger partial charge in [0.2, 0.25) is 0 Å². The number of fused-ring (bicyclic) bond motifs is 1. The van der Waals surface area contributed by atoms with Crippen LogP contribution >= 0.6 is 11.3 Å². The summed E-state index contributed by atoms with van der Waals surface area (Å²) in [7, 11) is 0. The van der Waals surface area contributed by atoms with E-state index in [0.29, 0.717) is 28.1 Å². The van der Waals surface area contributed by atoms with E-state index in [-0.39, 0.29) is 16.3 Å². The summed E-state index contributed by atoms with van der Waals surface area (Å²) in [6.07, 6.45) is 0. The Morgan fingerprint density at radius 1 is 1.06 bits per heavy atom. The fraction of sp³-hybridized carbons (Fsp3) is 0.115. The van der Waals surface area contributed by atoms with Crippen molar-refractivity contribution >= 4 is 44.1 Å². The molecular formula is C26H18F2N2O4S. The molecular weight excluding hydrogens is 474 g/mol. The molecule has 1 aromatic heterocycles. The first-order valence-corrected chi connectivity index (χ1v) is 11.5. The number of Topliss-reactive ketones (excluding diaryl/α,β-unsaturated/α-hetero) is 1. The van der Waals surface area contributed by atoms with Gasteiger partial charge in [-0.05, 0) is 55.0 Å². The summed E-state index contributed by atoms with van der Waals surface area (Å²) in [5.41, 5.74) is 0.974. The van der Waals surface area contributed by atoms with E-state index >= 15 is 0 Å². The van der Waals surface area contributed by atoms with Gasteiger partial charge in [-0.1, -0.05) is 35.6 Å². The molecule has 1 fully saturated rings. The second-order valence-electron chi connectivity index (χ2n) is 7.79. The largest absolute Gasteiger partial charge is 0.507 e. The van der Waals surface area contributed by atoms with Crippen molar-refractivity contribution < 1.29 is 28.2 Å². The van der Waals surface area contributed by atoms with E-state index in [4.69, 9.17) is 4.74 Å². The Hall–Kier alpha value is -4.11. The topological polar surface area (TPSA) is 79.7 Å². The summed E-state index contributed by atoms with van der Waals surface area (Å²) < 4.78 is 33.4. The number of rotatable bonds is 5. The monoisotopic (exact) mass is 492 g/mol. The first-order chi connectivity index (χ1) is 16.9. The van der Waals surface area contributed by atoms with Gasteiger partial charge >= 0.3 is 5.91 Å². The van der Waals surface area contributed by atoms with Crippen LogP contribution in [0, 0.1) is 11.6 Å². The molecule has 9 heteroatoms. The summed E-state index contributed by atoms with van der Waals surface area (Å²) in [4.78, 5) is 32.1. The summed E-state index contributed by atoms with van der Waals surface area (Å²) >= 11 is 1.04. The average molecular weight is 493 g/mol. The molecule has 0 aliphatic carbocycles. The number of carbonyl (C=O) groups is 2. The Morgan fingerprint density at radius 3 is 2.54 bits per heavy atom. The fourth-order valence-corrected chi connectivity index (χ4v) is 5.05. The Kier molecular flexibility index (Phi) is 5.78. The number of aliphatic hydroxyl groups excluding tert-OH is 1. The lowest BCUT2D eigenvalue weighted by molar-refractivity contribution is -0.132. The Bertz CT molecular complexity index is 1500. The predicted octanol–water partition coefficient (Wildman–Crippen LogP) is 5.60. The van der Waals surface area contributed by atoms with E-state index in [9.17, 15) is 23.5 Å². The van der Waals surface area contributed by atoms with Crippen LogP contribution in [-0.2, 0) is 9.59 Å². The molecule has 1 N–H and O–H groups in total. The van der Waals surface area contributed by atoms with Gasteiger partial charge in [-0.25, -0.2) is 13.8 Å². The lowest BCUT2D eigenvalue weighted by Crippen LogP contribution is -2.29. The number of anilines is 1. The molecule has 0 saturated carbocycles. The smallest absolute Gasteiger partial charge is 0.301 e. The minimum Gasteiger partial charge on any atom is -0.507 e. The predicted molar refractivity (Wildman–Crippen MR) is 128 cm³/mol. The van der Waals surface area contributed by atoms with Crippen molar-refractivity contribution in [3.05, 3.63) is 95.1 Å². The molecule has 2 heterocycles. The highest BCUT2D eigenvalue weighted by Gasteiger charge is 2.48. The van der Waals surface area contributed by atoms with Crippen LogP contribution in [0.25, 0.3) is 16.0 Å². The first-order valence-electron chi connectivity index (χ1n) is 10.7. The number of nitrogens with zero attached hydrogens (tertiary/aromatic N) is 2. The number of hydrogen-bond donors (Lipinski definition) is 1.